The molecule has 0 aliphatic heterocycles. The van der Waals surface area contributed by atoms with E-state index in [0.29, 0.717) is 18.9 Å². The highest BCUT2D eigenvalue weighted by Gasteiger charge is 2.14. The second-order valence-electron chi connectivity index (χ2n) is 3.49. The van der Waals surface area contributed by atoms with E-state index in [-0.39, 0.29) is 16.5 Å². The normalized spacial score (nSPS) is 10.8. The molecule has 0 radical (unpaired) electrons. The molecular weight excluding hydrogens is 245 g/mol. The quantitative estimate of drug-likeness (QED) is 0.911. The van der Waals surface area contributed by atoms with Crippen LogP contribution in [0.2, 0.25) is 5.02 Å². The maximum absolute atomic E-state index is 13.7. The summed E-state index contributed by atoms with van der Waals surface area (Å²) in [6, 6.07) is 4.64. The number of aromatic nitrogens is 2. The van der Waals surface area contributed by atoms with Gasteiger partial charge >= 0.3 is 0 Å². The second kappa shape index (κ2) is 5.25. The molecule has 2 rings (SSSR count). The van der Waals surface area contributed by atoms with Crippen molar-refractivity contribution in [2.45, 2.75) is 12.8 Å². The van der Waals surface area contributed by atoms with Crippen molar-refractivity contribution in [3.63, 3.8) is 0 Å². The minimum Gasteiger partial charge on any atom is -0.421 e. The Bertz CT molecular complexity index is 515. The molecule has 1 aromatic carbocycles. The number of nitrogens with two attached hydrogens (primary N) is 1. The van der Waals surface area contributed by atoms with E-state index in [1.54, 1.807) is 12.1 Å². The van der Waals surface area contributed by atoms with E-state index in [1.165, 1.54) is 6.07 Å². The summed E-state index contributed by atoms with van der Waals surface area (Å²) < 4.78 is 19.0. The van der Waals surface area contributed by atoms with Gasteiger partial charge in [0.25, 0.3) is 5.89 Å². The van der Waals surface area contributed by atoms with Crippen molar-refractivity contribution in [2.24, 2.45) is 5.73 Å². The zero-order chi connectivity index (χ0) is 12.3. The molecule has 2 aromatic rings. The monoisotopic (exact) mass is 255 g/mol. The SMILES string of the molecule is NCCCc1nnc(-c2cccc(Cl)c2F)o1. The number of benzene rings is 1. The molecule has 6 heteroatoms. The highest BCUT2D eigenvalue weighted by atomic mass is 35.5. The predicted molar refractivity (Wildman–Crippen MR) is 62.1 cm³/mol. The van der Waals surface area contributed by atoms with Gasteiger partial charge in [-0.05, 0) is 25.1 Å². The molecule has 0 unspecified atom stereocenters. The first-order valence-electron chi connectivity index (χ1n) is 5.19. The molecule has 2 N–H and O–H groups in total. The van der Waals surface area contributed by atoms with Gasteiger partial charge in [-0.15, -0.1) is 10.2 Å². The highest BCUT2D eigenvalue weighted by Crippen LogP contribution is 2.26. The van der Waals surface area contributed by atoms with Gasteiger partial charge in [-0.25, -0.2) is 4.39 Å². The average Bonchev–Trinajstić information content (AvgIpc) is 2.78. The molecule has 0 bridgehead atoms. The third-order valence-electron chi connectivity index (χ3n) is 2.24. The van der Waals surface area contributed by atoms with Crippen LogP contribution in [0, 0.1) is 5.82 Å². The molecule has 0 aliphatic carbocycles. The number of halogens is 2. The number of hydrogen-bond acceptors (Lipinski definition) is 4. The van der Waals surface area contributed by atoms with E-state index in [4.69, 9.17) is 21.8 Å². The number of rotatable bonds is 4. The van der Waals surface area contributed by atoms with Gasteiger partial charge in [0.1, 0.15) is 0 Å². The third kappa shape index (κ3) is 2.62. The standard InChI is InChI=1S/C11H11ClFN3O/c12-8-4-1-3-7(10(8)13)11-16-15-9(17-11)5-2-6-14/h1,3-4H,2,5-6,14H2. The van der Waals surface area contributed by atoms with Crippen molar-refractivity contribution in [1.82, 2.24) is 10.2 Å². The molecule has 0 spiro atoms. The highest BCUT2D eigenvalue weighted by molar-refractivity contribution is 6.31. The van der Waals surface area contributed by atoms with E-state index in [0.717, 1.165) is 6.42 Å². The Morgan fingerprint density at radius 2 is 2.18 bits per heavy atom. The van der Waals surface area contributed by atoms with Crippen LogP contribution >= 0.6 is 11.6 Å². The Balaban J connectivity index is 2.27. The molecule has 0 fully saturated rings. The Morgan fingerprint density at radius 1 is 1.35 bits per heavy atom. The van der Waals surface area contributed by atoms with Gasteiger partial charge in [-0.3, -0.25) is 0 Å². The van der Waals surface area contributed by atoms with Gasteiger partial charge in [-0.1, -0.05) is 17.7 Å². The fraction of sp³-hybridized carbons (Fsp3) is 0.273. The number of aryl methyl sites for hydroxylation is 1. The van der Waals surface area contributed by atoms with Crippen LogP contribution in [0.5, 0.6) is 0 Å². The Hall–Kier alpha value is -1.46. The Labute approximate surface area is 103 Å². The zero-order valence-corrected chi connectivity index (χ0v) is 9.75. The minimum absolute atomic E-state index is 0.0317. The lowest BCUT2D eigenvalue weighted by atomic mass is 10.2. The number of hydrogen-bond donors (Lipinski definition) is 1. The zero-order valence-electron chi connectivity index (χ0n) is 8.99. The van der Waals surface area contributed by atoms with Crippen molar-refractivity contribution in [2.75, 3.05) is 6.54 Å². The smallest absolute Gasteiger partial charge is 0.250 e. The molecule has 0 amide bonds. The van der Waals surface area contributed by atoms with Crippen molar-refractivity contribution in [1.29, 1.82) is 0 Å². The largest absolute Gasteiger partial charge is 0.421 e. The maximum Gasteiger partial charge on any atom is 0.250 e. The van der Waals surface area contributed by atoms with Crippen molar-refractivity contribution < 1.29 is 8.81 Å². The van der Waals surface area contributed by atoms with Crippen molar-refractivity contribution >= 4 is 11.6 Å². The lowest BCUT2D eigenvalue weighted by molar-refractivity contribution is 0.495. The molecule has 4 nitrogen and oxygen atoms in total. The van der Waals surface area contributed by atoms with Gasteiger partial charge in [-0.2, -0.15) is 0 Å². The van der Waals surface area contributed by atoms with Crippen LogP contribution in [0.4, 0.5) is 4.39 Å². The maximum atomic E-state index is 13.7. The van der Waals surface area contributed by atoms with E-state index in [2.05, 4.69) is 10.2 Å². The van der Waals surface area contributed by atoms with Gasteiger partial charge in [0, 0.05) is 6.42 Å². The first-order chi connectivity index (χ1) is 8.22. The van der Waals surface area contributed by atoms with Crippen LogP contribution in [0.25, 0.3) is 11.5 Å². The van der Waals surface area contributed by atoms with Crippen molar-refractivity contribution in [3.8, 4) is 11.5 Å². The fourth-order valence-corrected chi connectivity index (χ4v) is 1.56. The molecule has 90 valence electrons. The first kappa shape index (κ1) is 12.0. The molecule has 1 heterocycles. The Kier molecular flexibility index (Phi) is 3.71. The van der Waals surface area contributed by atoms with Crippen LogP contribution in [-0.2, 0) is 6.42 Å². The van der Waals surface area contributed by atoms with Crippen LogP contribution in [0.15, 0.2) is 22.6 Å². The van der Waals surface area contributed by atoms with E-state index < -0.39 is 5.82 Å². The van der Waals surface area contributed by atoms with Crippen LogP contribution in [0.1, 0.15) is 12.3 Å². The summed E-state index contributed by atoms with van der Waals surface area (Å²) >= 11 is 5.67. The lowest BCUT2D eigenvalue weighted by Gasteiger charge is -1.98. The van der Waals surface area contributed by atoms with E-state index >= 15 is 0 Å². The molecule has 17 heavy (non-hydrogen) atoms. The topological polar surface area (TPSA) is 64.9 Å². The Morgan fingerprint density at radius 3 is 2.94 bits per heavy atom. The summed E-state index contributed by atoms with van der Waals surface area (Å²) in [5, 5.41) is 7.64. The van der Waals surface area contributed by atoms with Gasteiger partial charge < -0.3 is 10.2 Å². The summed E-state index contributed by atoms with van der Waals surface area (Å²) in [4.78, 5) is 0. The van der Waals surface area contributed by atoms with Crippen molar-refractivity contribution in [3.05, 3.63) is 34.9 Å². The third-order valence-corrected chi connectivity index (χ3v) is 2.54. The minimum atomic E-state index is -0.553. The summed E-state index contributed by atoms with van der Waals surface area (Å²) in [6.07, 6.45) is 1.34. The predicted octanol–water partition coefficient (Wildman–Crippen LogP) is 2.42. The molecule has 0 saturated carbocycles. The lowest BCUT2D eigenvalue weighted by Crippen LogP contribution is -2.00. The van der Waals surface area contributed by atoms with Gasteiger partial charge in [0.2, 0.25) is 5.89 Å². The fourth-order valence-electron chi connectivity index (χ4n) is 1.39. The first-order valence-corrected chi connectivity index (χ1v) is 5.57. The van der Waals surface area contributed by atoms with Gasteiger partial charge in [0.15, 0.2) is 5.82 Å². The molecule has 0 saturated heterocycles. The van der Waals surface area contributed by atoms with Gasteiger partial charge in [0.05, 0.1) is 10.6 Å². The second-order valence-corrected chi connectivity index (χ2v) is 3.90. The number of nitrogens with zero attached hydrogens (tertiary/aromatic N) is 2. The molecular formula is C11H11ClFN3O. The van der Waals surface area contributed by atoms with E-state index in [9.17, 15) is 4.39 Å². The van der Waals surface area contributed by atoms with E-state index in [1.807, 2.05) is 0 Å². The molecule has 1 aromatic heterocycles. The molecule has 0 atom stereocenters. The average molecular weight is 256 g/mol. The summed E-state index contributed by atoms with van der Waals surface area (Å²) in [5.41, 5.74) is 5.58. The summed E-state index contributed by atoms with van der Waals surface area (Å²) in [7, 11) is 0. The summed E-state index contributed by atoms with van der Waals surface area (Å²) in [6.45, 7) is 0.545. The molecule has 0 aliphatic rings. The van der Waals surface area contributed by atoms with Crippen LogP contribution < -0.4 is 5.73 Å². The van der Waals surface area contributed by atoms with Crippen LogP contribution in [-0.4, -0.2) is 16.7 Å². The summed E-state index contributed by atoms with van der Waals surface area (Å²) in [5.74, 6) is 0.0324. The van der Waals surface area contributed by atoms with Crippen LogP contribution in [0.3, 0.4) is 0 Å².